The number of nitrogens with two attached hydrogens (primary N) is 1. The van der Waals surface area contributed by atoms with Gasteiger partial charge in [0.1, 0.15) is 5.69 Å². The molecule has 0 fully saturated rings. The summed E-state index contributed by atoms with van der Waals surface area (Å²) in [7, 11) is 0. The van der Waals surface area contributed by atoms with Gasteiger partial charge in [0.05, 0.1) is 5.02 Å². The first-order valence-corrected chi connectivity index (χ1v) is 7.11. The number of rotatable bonds is 6. The highest BCUT2D eigenvalue weighted by Crippen LogP contribution is 2.19. The van der Waals surface area contributed by atoms with Gasteiger partial charge >= 0.3 is 0 Å². The molecule has 4 nitrogen and oxygen atoms in total. The average Bonchev–Trinajstić information content (AvgIpc) is 2.70. The number of nitrogens with zero attached hydrogens (tertiary/aromatic N) is 1. The SMILES string of the molecule is CC(C)CC(CN)NC(=O)c1cc(Cl)cn1C(C)C. The van der Waals surface area contributed by atoms with Crippen LogP contribution in [0.15, 0.2) is 12.3 Å². The third-order valence-electron chi connectivity index (χ3n) is 2.98. The minimum Gasteiger partial charge on any atom is -0.347 e. The van der Waals surface area contributed by atoms with E-state index in [1.807, 2.05) is 18.4 Å². The Morgan fingerprint density at radius 1 is 1.42 bits per heavy atom. The Bertz CT molecular complexity index is 426. The Hall–Kier alpha value is -1.00. The van der Waals surface area contributed by atoms with E-state index < -0.39 is 0 Å². The molecule has 1 heterocycles. The van der Waals surface area contributed by atoms with Crippen LogP contribution in [0, 0.1) is 5.92 Å². The molecule has 5 heteroatoms. The molecule has 0 aliphatic heterocycles. The lowest BCUT2D eigenvalue weighted by Crippen LogP contribution is -2.41. The average molecular weight is 286 g/mol. The van der Waals surface area contributed by atoms with Gasteiger partial charge in [0, 0.05) is 24.8 Å². The second-order valence-electron chi connectivity index (χ2n) is 5.58. The summed E-state index contributed by atoms with van der Waals surface area (Å²) in [4.78, 5) is 12.3. The first-order valence-electron chi connectivity index (χ1n) is 6.73. The van der Waals surface area contributed by atoms with E-state index >= 15 is 0 Å². The largest absolute Gasteiger partial charge is 0.347 e. The number of halogens is 1. The number of nitrogens with one attached hydrogen (secondary N) is 1. The third kappa shape index (κ3) is 4.55. The van der Waals surface area contributed by atoms with Crippen molar-refractivity contribution < 1.29 is 4.79 Å². The molecule has 0 aliphatic carbocycles. The van der Waals surface area contributed by atoms with Crippen molar-refractivity contribution in [2.24, 2.45) is 11.7 Å². The summed E-state index contributed by atoms with van der Waals surface area (Å²) in [6.45, 7) is 8.70. The molecule has 3 N–H and O–H groups in total. The van der Waals surface area contributed by atoms with E-state index in [2.05, 4.69) is 19.2 Å². The van der Waals surface area contributed by atoms with Gasteiger partial charge in [-0.3, -0.25) is 4.79 Å². The topological polar surface area (TPSA) is 60.0 Å². The first-order chi connectivity index (χ1) is 8.85. The fourth-order valence-corrected chi connectivity index (χ4v) is 2.31. The van der Waals surface area contributed by atoms with E-state index in [-0.39, 0.29) is 18.0 Å². The maximum Gasteiger partial charge on any atom is 0.268 e. The number of amides is 1. The van der Waals surface area contributed by atoms with Crippen LogP contribution in [0.2, 0.25) is 5.02 Å². The lowest BCUT2D eigenvalue weighted by molar-refractivity contribution is 0.0923. The first kappa shape index (κ1) is 16.1. The third-order valence-corrected chi connectivity index (χ3v) is 3.19. The molecule has 0 spiro atoms. The van der Waals surface area contributed by atoms with Gasteiger partial charge in [-0.15, -0.1) is 0 Å². The molecule has 1 atom stereocenters. The van der Waals surface area contributed by atoms with Crippen LogP contribution in [0.3, 0.4) is 0 Å². The fourth-order valence-electron chi connectivity index (χ4n) is 2.10. The summed E-state index contributed by atoms with van der Waals surface area (Å²) >= 11 is 5.98. The maximum absolute atomic E-state index is 12.3. The zero-order valence-corrected chi connectivity index (χ0v) is 12.9. The van der Waals surface area contributed by atoms with Crippen molar-refractivity contribution >= 4 is 17.5 Å². The molecule has 0 bridgehead atoms. The van der Waals surface area contributed by atoms with Crippen LogP contribution in [-0.4, -0.2) is 23.1 Å². The summed E-state index contributed by atoms with van der Waals surface area (Å²) in [5, 5.41) is 3.56. The Kier molecular flexibility index (Phi) is 5.88. The quantitative estimate of drug-likeness (QED) is 0.844. The van der Waals surface area contributed by atoms with Crippen molar-refractivity contribution in [2.45, 2.75) is 46.2 Å². The molecule has 1 rings (SSSR count). The summed E-state index contributed by atoms with van der Waals surface area (Å²) in [6.07, 6.45) is 2.65. The monoisotopic (exact) mass is 285 g/mol. The predicted molar refractivity (Wildman–Crippen MR) is 79.6 cm³/mol. The van der Waals surface area contributed by atoms with E-state index in [1.165, 1.54) is 0 Å². The van der Waals surface area contributed by atoms with Gasteiger partial charge < -0.3 is 15.6 Å². The molecule has 1 aromatic rings. The number of hydrogen-bond acceptors (Lipinski definition) is 2. The summed E-state index contributed by atoms with van der Waals surface area (Å²) in [5.41, 5.74) is 6.29. The van der Waals surface area contributed by atoms with Gasteiger partial charge in [0.25, 0.3) is 5.91 Å². The number of aromatic nitrogens is 1. The highest BCUT2D eigenvalue weighted by atomic mass is 35.5. The Morgan fingerprint density at radius 2 is 2.05 bits per heavy atom. The summed E-state index contributed by atoms with van der Waals surface area (Å²) < 4.78 is 1.88. The van der Waals surface area contributed by atoms with Crippen molar-refractivity contribution in [3.8, 4) is 0 Å². The number of hydrogen-bond donors (Lipinski definition) is 2. The van der Waals surface area contributed by atoms with E-state index in [1.54, 1.807) is 12.3 Å². The zero-order chi connectivity index (χ0) is 14.6. The van der Waals surface area contributed by atoms with Crippen LogP contribution < -0.4 is 11.1 Å². The molecular formula is C14H24ClN3O. The van der Waals surface area contributed by atoms with E-state index in [9.17, 15) is 4.79 Å². The number of carbonyl (C=O) groups excluding carboxylic acids is 1. The van der Waals surface area contributed by atoms with Crippen LogP contribution >= 0.6 is 11.6 Å². The second-order valence-corrected chi connectivity index (χ2v) is 6.02. The van der Waals surface area contributed by atoms with Gasteiger partial charge in [-0.05, 0) is 32.3 Å². The molecule has 1 unspecified atom stereocenters. The van der Waals surface area contributed by atoms with Crippen molar-refractivity contribution in [2.75, 3.05) is 6.54 Å². The van der Waals surface area contributed by atoms with E-state index in [0.29, 0.717) is 23.2 Å². The van der Waals surface area contributed by atoms with Crippen LogP contribution in [0.5, 0.6) is 0 Å². The van der Waals surface area contributed by atoms with Crippen LogP contribution in [0.4, 0.5) is 0 Å². The molecule has 0 saturated heterocycles. The minimum atomic E-state index is -0.114. The van der Waals surface area contributed by atoms with Crippen molar-refractivity contribution in [1.82, 2.24) is 9.88 Å². The van der Waals surface area contributed by atoms with Crippen LogP contribution in [0.25, 0.3) is 0 Å². The van der Waals surface area contributed by atoms with E-state index in [0.717, 1.165) is 6.42 Å². The van der Waals surface area contributed by atoms with Gasteiger partial charge in [0.2, 0.25) is 0 Å². The fraction of sp³-hybridized carbons (Fsp3) is 0.643. The van der Waals surface area contributed by atoms with Crippen molar-refractivity contribution in [3.63, 3.8) is 0 Å². The highest BCUT2D eigenvalue weighted by molar-refractivity contribution is 6.31. The molecule has 19 heavy (non-hydrogen) atoms. The van der Waals surface area contributed by atoms with Crippen LogP contribution in [0.1, 0.15) is 50.6 Å². The van der Waals surface area contributed by atoms with Gasteiger partial charge in [0.15, 0.2) is 0 Å². The maximum atomic E-state index is 12.3. The molecule has 0 aliphatic rings. The van der Waals surface area contributed by atoms with E-state index in [4.69, 9.17) is 17.3 Å². The smallest absolute Gasteiger partial charge is 0.268 e. The standard InChI is InChI=1S/C14H24ClN3O/c1-9(2)5-12(7-16)17-14(19)13-6-11(15)8-18(13)10(3)4/h6,8-10,12H,5,7,16H2,1-4H3,(H,17,19). The van der Waals surface area contributed by atoms with Gasteiger partial charge in [-0.2, -0.15) is 0 Å². The molecule has 0 saturated carbocycles. The lowest BCUT2D eigenvalue weighted by atomic mass is 10.0. The second kappa shape index (κ2) is 6.96. The Labute approximate surface area is 120 Å². The molecule has 1 aromatic heterocycles. The van der Waals surface area contributed by atoms with Gasteiger partial charge in [-0.1, -0.05) is 25.4 Å². The Morgan fingerprint density at radius 3 is 2.53 bits per heavy atom. The molecule has 0 radical (unpaired) electrons. The number of carbonyl (C=O) groups is 1. The highest BCUT2D eigenvalue weighted by Gasteiger charge is 2.18. The molecule has 0 aromatic carbocycles. The molecule has 108 valence electrons. The normalized spacial score (nSPS) is 13.1. The zero-order valence-electron chi connectivity index (χ0n) is 12.1. The lowest BCUT2D eigenvalue weighted by Gasteiger charge is -2.20. The predicted octanol–water partition coefficient (Wildman–Crippen LogP) is 2.83. The van der Waals surface area contributed by atoms with Crippen LogP contribution in [-0.2, 0) is 0 Å². The summed E-state index contributed by atoms with van der Waals surface area (Å²) in [6, 6.07) is 1.89. The van der Waals surface area contributed by atoms with Gasteiger partial charge in [-0.25, -0.2) is 0 Å². The minimum absolute atomic E-state index is 0.00166. The summed E-state index contributed by atoms with van der Waals surface area (Å²) in [5.74, 6) is 0.381. The van der Waals surface area contributed by atoms with Crippen molar-refractivity contribution in [3.05, 3.63) is 23.0 Å². The molecular weight excluding hydrogens is 262 g/mol. The molecule has 1 amide bonds. The van der Waals surface area contributed by atoms with Crippen molar-refractivity contribution in [1.29, 1.82) is 0 Å². The Balaban J connectivity index is 2.82.